The van der Waals surface area contributed by atoms with Crippen LogP contribution in [-0.2, 0) is 20.9 Å². The second-order valence-corrected chi connectivity index (χ2v) is 7.55. The van der Waals surface area contributed by atoms with E-state index in [4.69, 9.17) is 4.74 Å². The summed E-state index contributed by atoms with van der Waals surface area (Å²) in [5.74, 6) is -2.74. The minimum Gasteiger partial charge on any atom is -0.481 e. The summed E-state index contributed by atoms with van der Waals surface area (Å²) in [6, 6.07) is 0. The van der Waals surface area contributed by atoms with Crippen LogP contribution in [-0.4, -0.2) is 52.9 Å². The Labute approximate surface area is 163 Å². The normalized spacial score (nSPS) is 26.1. The topological polar surface area (TPSA) is 123 Å². The lowest BCUT2D eigenvalue weighted by Crippen LogP contribution is -2.49. The van der Waals surface area contributed by atoms with Gasteiger partial charge in [-0.15, -0.1) is 0 Å². The van der Waals surface area contributed by atoms with Gasteiger partial charge in [0.1, 0.15) is 0 Å². The van der Waals surface area contributed by atoms with E-state index in [1.165, 1.54) is 0 Å². The highest BCUT2D eigenvalue weighted by Gasteiger charge is 2.50. The predicted molar refractivity (Wildman–Crippen MR) is 101 cm³/mol. The van der Waals surface area contributed by atoms with Crippen molar-refractivity contribution < 1.29 is 24.2 Å². The number of ether oxygens (including phenoxy) is 1. The van der Waals surface area contributed by atoms with Gasteiger partial charge in [0.15, 0.2) is 5.69 Å². The van der Waals surface area contributed by atoms with E-state index in [-0.39, 0.29) is 23.4 Å². The molecule has 3 saturated carbocycles. The Kier molecular flexibility index (Phi) is 6.33. The van der Waals surface area contributed by atoms with Crippen LogP contribution in [0.15, 0.2) is 6.20 Å². The number of hydrogen-bond donors (Lipinski definition) is 3. The van der Waals surface area contributed by atoms with E-state index in [2.05, 4.69) is 15.7 Å². The number of carbonyl (C=O) groups excluding carboxylic acids is 2. The molecule has 0 radical (unpaired) electrons. The number of aryl methyl sites for hydroxylation is 1. The van der Waals surface area contributed by atoms with Gasteiger partial charge in [-0.1, -0.05) is 0 Å². The molecule has 0 aromatic carbocycles. The lowest BCUT2D eigenvalue weighted by atomic mass is 9.58. The van der Waals surface area contributed by atoms with Crippen molar-refractivity contribution in [2.75, 3.05) is 25.6 Å². The van der Waals surface area contributed by atoms with Crippen molar-refractivity contribution in [2.45, 2.75) is 39.2 Å². The van der Waals surface area contributed by atoms with Crippen LogP contribution < -0.4 is 10.6 Å². The van der Waals surface area contributed by atoms with Gasteiger partial charge in [-0.2, -0.15) is 5.10 Å². The molecule has 2 atom stereocenters. The quantitative estimate of drug-likeness (QED) is 0.574. The van der Waals surface area contributed by atoms with E-state index in [0.717, 1.165) is 25.7 Å². The number of carboxylic acid groups (broad SMARTS) is 1. The number of carboxylic acids is 1. The first kappa shape index (κ1) is 20.3. The molecule has 3 N–H and O–H groups in total. The fraction of sp³-hybridized carbons (Fsp3) is 0.684. The minimum atomic E-state index is -0.906. The molecule has 1 aromatic rings. The molecule has 9 heteroatoms. The number of nitrogens with zero attached hydrogens (tertiary/aromatic N) is 2. The molecule has 0 aliphatic heterocycles. The SMILES string of the molecule is CCn1cc(NC(=O)[C@@H]2C3CCC(CC3)[C@H]2C(=O)O)c(C(=O)NCCOC)n1. The largest absolute Gasteiger partial charge is 0.481 e. The molecular formula is C19H28N4O5. The van der Waals surface area contributed by atoms with Crippen molar-refractivity contribution in [1.29, 1.82) is 0 Å². The zero-order valence-electron chi connectivity index (χ0n) is 16.3. The van der Waals surface area contributed by atoms with Crippen molar-refractivity contribution in [2.24, 2.45) is 23.7 Å². The second-order valence-electron chi connectivity index (χ2n) is 7.55. The molecule has 0 spiro atoms. The average Bonchev–Trinajstić information content (AvgIpc) is 3.11. The third-order valence-electron chi connectivity index (χ3n) is 5.96. The summed E-state index contributed by atoms with van der Waals surface area (Å²) in [7, 11) is 1.54. The molecule has 0 unspecified atom stereocenters. The molecule has 1 aromatic heterocycles. The van der Waals surface area contributed by atoms with E-state index >= 15 is 0 Å². The summed E-state index contributed by atoms with van der Waals surface area (Å²) in [4.78, 5) is 37.3. The van der Waals surface area contributed by atoms with Gasteiger partial charge in [0.2, 0.25) is 5.91 Å². The standard InChI is InChI=1S/C19H28N4O5/c1-3-23-10-13(16(22-23)18(25)20-8-9-28-2)21-17(24)14-11-4-6-12(7-5-11)15(14)19(26)27/h10-12,14-15H,3-9H2,1-2H3,(H,20,25)(H,21,24)(H,26,27)/t11?,12?,14-,15-/m1/s1. The number of carbonyl (C=O) groups is 3. The van der Waals surface area contributed by atoms with Crippen LogP contribution in [0.5, 0.6) is 0 Å². The fourth-order valence-electron chi connectivity index (χ4n) is 4.59. The number of nitrogens with one attached hydrogen (secondary N) is 2. The van der Waals surface area contributed by atoms with Crippen LogP contribution in [0.3, 0.4) is 0 Å². The predicted octanol–water partition coefficient (Wildman–Crippen LogP) is 1.35. The van der Waals surface area contributed by atoms with Gasteiger partial charge in [-0.25, -0.2) is 0 Å². The number of amides is 2. The monoisotopic (exact) mass is 392 g/mol. The molecule has 4 rings (SSSR count). The highest BCUT2D eigenvalue weighted by Crippen LogP contribution is 2.49. The summed E-state index contributed by atoms with van der Waals surface area (Å²) in [5, 5.41) is 19.4. The van der Waals surface area contributed by atoms with Gasteiger partial charge in [-0.05, 0) is 44.4 Å². The number of hydrogen-bond acceptors (Lipinski definition) is 5. The van der Waals surface area contributed by atoms with Crippen LogP contribution in [0, 0.1) is 23.7 Å². The molecule has 3 aliphatic rings. The lowest BCUT2D eigenvalue weighted by molar-refractivity contribution is -0.156. The Hall–Kier alpha value is -2.42. The van der Waals surface area contributed by atoms with Gasteiger partial charge >= 0.3 is 5.97 Å². The van der Waals surface area contributed by atoms with Gasteiger partial charge in [0.25, 0.3) is 5.91 Å². The molecule has 1 heterocycles. The molecule has 9 nitrogen and oxygen atoms in total. The van der Waals surface area contributed by atoms with Crippen LogP contribution in [0.1, 0.15) is 43.1 Å². The van der Waals surface area contributed by atoms with E-state index in [1.54, 1.807) is 18.0 Å². The van der Waals surface area contributed by atoms with Crippen molar-refractivity contribution in [1.82, 2.24) is 15.1 Å². The first-order chi connectivity index (χ1) is 13.5. The summed E-state index contributed by atoms with van der Waals surface area (Å²) in [6.07, 6.45) is 5.11. The summed E-state index contributed by atoms with van der Waals surface area (Å²) < 4.78 is 6.50. The van der Waals surface area contributed by atoms with E-state index < -0.39 is 23.7 Å². The zero-order valence-corrected chi connectivity index (χ0v) is 16.3. The molecule has 28 heavy (non-hydrogen) atoms. The molecule has 154 valence electrons. The Balaban J connectivity index is 1.78. The molecule has 0 saturated heterocycles. The van der Waals surface area contributed by atoms with E-state index in [0.29, 0.717) is 25.4 Å². The van der Waals surface area contributed by atoms with Gasteiger partial charge in [-0.3, -0.25) is 19.1 Å². The molecule has 3 aliphatic carbocycles. The molecule has 3 fully saturated rings. The van der Waals surface area contributed by atoms with Gasteiger partial charge < -0.3 is 20.5 Å². The minimum absolute atomic E-state index is 0.0495. The smallest absolute Gasteiger partial charge is 0.307 e. The number of fused-ring (bicyclic) bond motifs is 3. The zero-order chi connectivity index (χ0) is 20.3. The van der Waals surface area contributed by atoms with Crippen LogP contribution >= 0.6 is 0 Å². The maximum Gasteiger partial charge on any atom is 0.307 e. The molecular weight excluding hydrogens is 364 g/mol. The Morgan fingerprint density at radius 1 is 1.21 bits per heavy atom. The van der Waals surface area contributed by atoms with Crippen LogP contribution in [0.25, 0.3) is 0 Å². The third-order valence-corrected chi connectivity index (χ3v) is 5.96. The summed E-state index contributed by atoms with van der Waals surface area (Å²) >= 11 is 0. The average molecular weight is 392 g/mol. The summed E-state index contributed by atoms with van der Waals surface area (Å²) in [6.45, 7) is 3.12. The number of rotatable bonds is 8. The van der Waals surface area contributed by atoms with Crippen molar-refractivity contribution >= 4 is 23.5 Å². The Morgan fingerprint density at radius 2 is 1.86 bits per heavy atom. The first-order valence-electron chi connectivity index (χ1n) is 9.84. The van der Waals surface area contributed by atoms with Crippen molar-refractivity contribution in [3.63, 3.8) is 0 Å². The maximum atomic E-state index is 13.0. The van der Waals surface area contributed by atoms with Crippen molar-refractivity contribution in [3.8, 4) is 0 Å². The van der Waals surface area contributed by atoms with E-state index in [9.17, 15) is 19.5 Å². The van der Waals surface area contributed by atoms with Crippen LogP contribution in [0.2, 0.25) is 0 Å². The number of aliphatic carboxylic acids is 1. The Morgan fingerprint density at radius 3 is 2.43 bits per heavy atom. The first-order valence-corrected chi connectivity index (χ1v) is 9.84. The lowest BCUT2D eigenvalue weighted by Gasteiger charge is -2.45. The van der Waals surface area contributed by atoms with Crippen LogP contribution in [0.4, 0.5) is 5.69 Å². The molecule has 2 bridgehead atoms. The van der Waals surface area contributed by atoms with E-state index in [1.807, 2.05) is 6.92 Å². The molecule has 2 amide bonds. The highest BCUT2D eigenvalue weighted by molar-refractivity contribution is 6.03. The number of aromatic nitrogens is 2. The summed E-state index contributed by atoms with van der Waals surface area (Å²) in [5.41, 5.74) is 0.437. The highest BCUT2D eigenvalue weighted by atomic mass is 16.5. The number of methoxy groups -OCH3 is 1. The second kappa shape index (κ2) is 8.72. The van der Waals surface area contributed by atoms with Gasteiger partial charge in [0, 0.05) is 26.4 Å². The third kappa shape index (κ3) is 4.04. The fourth-order valence-corrected chi connectivity index (χ4v) is 4.59. The maximum absolute atomic E-state index is 13.0. The van der Waals surface area contributed by atoms with Gasteiger partial charge in [0.05, 0.1) is 24.1 Å². The Bertz CT molecular complexity index is 739. The van der Waals surface area contributed by atoms with Crippen molar-refractivity contribution in [3.05, 3.63) is 11.9 Å². The number of anilines is 1.